The lowest BCUT2D eigenvalue weighted by Crippen LogP contribution is -1.92. The van der Waals surface area contributed by atoms with Crippen LogP contribution < -0.4 is 4.74 Å². The fourth-order valence-electron chi connectivity index (χ4n) is 1.16. The van der Waals surface area contributed by atoms with Crippen molar-refractivity contribution in [3.05, 3.63) is 46.6 Å². The minimum Gasteiger partial charge on any atom is -0.439 e. The molecule has 0 saturated carbocycles. The van der Waals surface area contributed by atoms with E-state index in [9.17, 15) is 0 Å². The van der Waals surface area contributed by atoms with Gasteiger partial charge in [0.25, 0.3) is 0 Å². The Balaban J connectivity index is 2.32. The molecule has 0 N–H and O–H groups in total. The number of benzene rings is 1. The van der Waals surface area contributed by atoms with Crippen LogP contribution in [0.5, 0.6) is 11.6 Å². The first-order valence-electron chi connectivity index (χ1n) is 4.32. The molecule has 2 nitrogen and oxygen atoms in total. The summed E-state index contributed by atoms with van der Waals surface area (Å²) in [5.74, 6) is 1.21. The molecule has 1 aromatic carbocycles. The van der Waals surface area contributed by atoms with Gasteiger partial charge in [-0.2, -0.15) is 0 Å². The minimum absolute atomic E-state index is 0.528. The fourth-order valence-corrected chi connectivity index (χ4v) is 1.47. The zero-order valence-corrected chi connectivity index (χ0v) is 9.51. The maximum absolute atomic E-state index is 5.96. The Morgan fingerprint density at radius 1 is 1.33 bits per heavy atom. The van der Waals surface area contributed by atoms with Crippen molar-refractivity contribution in [2.75, 3.05) is 0 Å². The van der Waals surface area contributed by atoms with E-state index in [1.807, 2.05) is 7.05 Å². The monoisotopic (exact) mass is 240 g/mol. The molecule has 0 atom stereocenters. The molecule has 1 aromatic heterocycles. The molecule has 0 unspecified atom stereocenters. The molecule has 15 heavy (non-hydrogen) atoms. The maximum atomic E-state index is 5.96. The fraction of sp³-hybridized carbons (Fsp3) is 0.0909. The third kappa shape index (κ3) is 2.28. The van der Waals surface area contributed by atoms with E-state index in [4.69, 9.17) is 27.9 Å². The van der Waals surface area contributed by atoms with Crippen LogP contribution in [0.15, 0.2) is 30.5 Å². The van der Waals surface area contributed by atoms with E-state index < -0.39 is 0 Å². The average molecular weight is 241 g/mol. The molecule has 0 aliphatic carbocycles. The Bertz CT molecular complexity index is 479. The number of aryl methyl sites for hydroxylation is 1. The molecule has 77 valence electrons. The molecule has 2 aromatic rings. The summed E-state index contributed by atoms with van der Waals surface area (Å²) in [5, 5.41) is 1.12. The third-order valence-electron chi connectivity index (χ3n) is 1.93. The summed E-state index contributed by atoms with van der Waals surface area (Å²) in [6, 6.07) is 9.74. The molecule has 0 spiro atoms. The van der Waals surface area contributed by atoms with Crippen LogP contribution in [0.3, 0.4) is 0 Å². The number of aromatic nitrogens is 1. The number of nitrogens with zero attached hydrogens (tertiary/aromatic N) is 1. The number of ether oxygens (including phenoxy) is 1. The average Bonchev–Trinajstić information content (AvgIpc) is 2.58. The molecule has 1 radical (unpaired) electrons. The van der Waals surface area contributed by atoms with Gasteiger partial charge in [0.15, 0.2) is 5.88 Å². The van der Waals surface area contributed by atoms with E-state index in [1.165, 1.54) is 0 Å². The summed E-state index contributed by atoms with van der Waals surface area (Å²) < 4.78 is 7.38. The molecule has 0 fully saturated rings. The molecule has 2 rings (SSSR count). The molecule has 1 heterocycles. The second-order valence-electron chi connectivity index (χ2n) is 3.07. The quantitative estimate of drug-likeness (QED) is 0.777. The predicted octanol–water partition coefficient (Wildman–Crippen LogP) is 3.92. The maximum Gasteiger partial charge on any atom is 0.200 e. The van der Waals surface area contributed by atoms with Crippen molar-refractivity contribution in [3.63, 3.8) is 0 Å². The molecule has 0 bridgehead atoms. The standard InChI is InChI=1S/C11H8Cl2NO/c1-14-6-2-3-11(14)15-10-7-8(12)4-5-9(10)13/h3-7H,1H3. The Labute approximate surface area is 98.0 Å². The number of hydrogen-bond acceptors (Lipinski definition) is 1. The van der Waals surface area contributed by atoms with Crippen molar-refractivity contribution >= 4 is 23.2 Å². The van der Waals surface area contributed by atoms with Crippen LogP contribution in [-0.4, -0.2) is 4.57 Å². The Hall–Kier alpha value is -1.12. The first kappa shape index (κ1) is 10.4. The molecule has 4 heteroatoms. The van der Waals surface area contributed by atoms with Crippen LogP contribution in [0.25, 0.3) is 0 Å². The summed E-state index contributed by atoms with van der Waals surface area (Å²) in [7, 11) is 1.87. The molecular weight excluding hydrogens is 233 g/mol. The number of halogens is 2. The van der Waals surface area contributed by atoms with Crippen molar-refractivity contribution in [2.24, 2.45) is 7.05 Å². The molecular formula is C11H8Cl2NO. The van der Waals surface area contributed by atoms with Crippen molar-refractivity contribution in [3.8, 4) is 11.6 Å². The number of rotatable bonds is 2. The molecule has 0 saturated heterocycles. The Morgan fingerprint density at radius 3 is 2.80 bits per heavy atom. The van der Waals surface area contributed by atoms with Gasteiger partial charge in [-0.1, -0.05) is 23.2 Å². The van der Waals surface area contributed by atoms with E-state index in [0.29, 0.717) is 21.7 Å². The van der Waals surface area contributed by atoms with Crippen molar-refractivity contribution in [2.45, 2.75) is 0 Å². The molecule has 0 amide bonds. The van der Waals surface area contributed by atoms with Crippen LogP contribution in [0.1, 0.15) is 0 Å². The highest BCUT2D eigenvalue weighted by Crippen LogP contribution is 2.31. The topological polar surface area (TPSA) is 14.2 Å². The third-order valence-corrected chi connectivity index (χ3v) is 2.48. The Morgan fingerprint density at radius 2 is 2.13 bits per heavy atom. The summed E-state index contributed by atoms with van der Waals surface area (Å²) in [6.07, 6.45) is 1.77. The summed E-state index contributed by atoms with van der Waals surface area (Å²) in [4.78, 5) is 0. The Kier molecular flexibility index (Phi) is 2.89. The van der Waals surface area contributed by atoms with Gasteiger partial charge in [0.2, 0.25) is 0 Å². The van der Waals surface area contributed by atoms with Gasteiger partial charge < -0.3 is 9.30 Å². The van der Waals surface area contributed by atoms with Crippen molar-refractivity contribution in [1.82, 2.24) is 4.57 Å². The van der Waals surface area contributed by atoms with E-state index in [2.05, 4.69) is 6.07 Å². The zero-order chi connectivity index (χ0) is 10.8. The summed E-state index contributed by atoms with van der Waals surface area (Å²) >= 11 is 11.8. The van der Waals surface area contributed by atoms with E-state index in [0.717, 1.165) is 0 Å². The largest absolute Gasteiger partial charge is 0.439 e. The SMILES string of the molecule is Cn1c[c]cc1Oc1cc(Cl)ccc1Cl. The van der Waals surface area contributed by atoms with Crippen molar-refractivity contribution < 1.29 is 4.74 Å². The van der Waals surface area contributed by atoms with Gasteiger partial charge in [-0.25, -0.2) is 0 Å². The second-order valence-corrected chi connectivity index (χ2v) is 3.91. The molecule has 0 aliphatic heterocycles. The van der Waals surface area contributed by atoms with Crippen LogP contribution in [-0.2, 0) is 7.05 Å². The number of hydrogen-bond donors (Lipinski definition) is 0. The lowest BCUT2D eigenvalue weighted by atomic mass is 10.3. The van der Waals surface area contributed by atoms with Gasteiger partial charge in [0.1, 0.15) is 5.75 Å². The highest BCUT2D eigenvalue weighted by atomic mass is 35.5. The van der Waals surface area contributed by atoms with E-state index in [1.54, 1.807) is 35.0 Å². The zero-order valence-electron chi connectivity index (χ0n) is 8.00. The smallest absolute Gasteiger partial charge is 0.200 e. The van der Waals surface area contributed by atoms with Crippen LogP contribution in [0.4, 0.5) is 0 Å². The second kappa shape index (κ2) is 4.17. The van der Waals surface area contributed by atoms with Crippen LogP contribution >= 0.6 is 23.2 Å². The van der Waals surface area contributed by atoms with Gasteiger partial charge in [-0.15, -0.1) is 0 Å². The predicted molar refractivity (Wildman–Crippen MR) is 60.8 cm³/mol. The first-order valence-corrected chi connectivity index (χ1v) is 5.08. The summed E-state index contributed by atoms with van der Waals surface area (Å²) in [5.41, 5.74) is 0. The summed E-state index contributed by atoms with van der Waals surface area (Å²) in [6.45, 7) is 0. The highest BCUT2D eigenvalue weighted by Gasteiger charge is 2.05. The highest BCUT2D eigenvalue weighted by molar-refractivity contribution is 6.34. The van der Waals surface area contributed by atoms with Gasteiger partial charge in [-0.05, 0) is 12.1 Å². The van der Waals surface area contributed by atoms with E-state index in [-0.39, 0.29) is 0 Å². The van der Waals surface area contributed by atoms with Gasteiger partial charge in [-0.3, -0.25) is 0 Å². The molecule has 0 aliphatic rings. The first-order chi connectivity index (χ1) is 7.16. The van der Waals surface area contributed by atoms with Crippen LogP contribution in [0.2, 0.25) is 10.0 Å². The van der Waals surface area contributed by atoms with Crippen molar-refractivity contribution in [1.29, 1.82) is 0 Å². The van der Waals surface area contributed by atoms with E-state index >= 15 is 0 Å². The van der Waals surface area contributed by atoms with Gasteiger partial charge in [0, 0.05) is 36.5 Å². The van der Waals surface area contributed by atoms with Gasteiger partial charge in [0.05, 0.1) is 5.02 Å². The lowest BCUT2D eigenvalue weighted by molar-refractivity contribution is 0.443. The van der Waals surface area contributed by atoms with Crippen LogP contribution in [0, 0.1) is 6.07 Å². The van der Waals surface area contributed by atoms with Gasteiger partial charge >= 0.3 is 0 Å². The normalized spacial score (nSPS) is 10.3. The lowest BCUT2D eigenvalue weighted by Gasteiger charge is -2.08. The minimum atomic E-state index is 0.528.